The van der Waals surface area contributed by atoms with Gasteiger partial charge in [0.1, 0.15) is 6.04 Å². The van der Waals surface area contributed by atoms with Gasteiger partial charge in [0.25, 0.3) is 0 Å². The normalized spacial score (nSPS) is 12.5. The van der Waals surface area contributed by atoms with Gasteiger partial charge in [-0.1, -0.05) is 72.9 Å². The minimum absolute atomic E-state index is 0.0520. The monoisotopic (exact) mass is 563 g/mol. The summed E-state index contributed by atoms with van der Waals surface area (Å²) in [6.45, 7) is 3.57. The molecule has 0 aliphatic carbocycles. The summed E-state index contributed by atoms with van der Waals surface area (Å²) in [6.07, 6.45) is 1.71. The van der Waals surface area contributed by atoms with Gasteiger partial charge >= 0.3 is 0 Å². The molecule has 3 rings (SSSR count). The third kappa shape index (κ3) is 7.02. The summed E-state index contributed by atoms with van der Waals surface area (Å²) in [6, 6.07) is 16.3. The maximum absolute atomic E-state index is 13.5. The molecule has 0 spiro atoms. The standard InChI is InChI=1S/C27H31Cl2N3O4S/c1-4-5-15-30-27(34)19(2)32(17-23-24(28)11-8-12-25(23)29)26(33)18-31(3)37(35,36)22-14-13-20-9-6-7-10-21(20)16-22/h6-14,16,19H,4-5,15,17-18H2,1-3H3,(H,30,34)/t19-/m1/s1. The molecule has 37 heavy (non-hydrogen) atoms. The largest absolute Gasteiger partial charge is 0.354 e. The fraction of sp³-hybridized carbons (Fsp3) is 0.333. The zero-order valence-corrected chi connectivity index (χ0v) is 23.4. The molecule has 0 aliphatic heterocycles. The second-order valence-electron chi connectivity index (χ2n) is 8.81. The topological polar surface area (TPSA) is 86.8 Å². The van der Waals surface area contributed by atoms with Gasteiger partial charge in [-0.25, -0.2) is 8.42 Å². The van der Waals surface area contributed by atoms with Crippen molar-refractivity contribution in [2.24, 2.45) is 0 Å². The SMILES string of the molecule is CCCCNC(=O)[C@@H](C)N(Cc1c(Cl)cccc1Cl)C(=O)CN(C)S(=O)(=O)c1ccc2ccccc2c1. The van der Waals surface area contributed by atoms with Crippen LogP contribution in [-0.4, -0.2) is 55.6 Å². The zero-order valence-electron chi connectivity index (χ0n) is 21.1. The van der Waals surface area contributed by atoms with E-state index in [9.17, 15) is 18.0 Å². The van der Waals surface area contributed by atoms with Crippen LogP contribution in [-0.2, 0) is 26.2 Å². The molecule has 3 aromatic carbocycles. The Hall–Kier alpha value is -2.65. The number of nitrogens with zero attached hydrogens (tertiary/aromatic N) is 2. The molecule has 0 saturated carbocycles. The Kier molecular flexibility index (Phi) is 9.95. The highest BCUT2D eigenvalue weighted by Gasteiger charge is 2.31. The number of unbranched alkanes of at least 4 members (excludes halogenated alkanes) is 1. The molecule has 0 heterocycles. The number of carbonyl (C=O) groups is 2. The van der Waals surface area contributed by atoms with Crippen LogP contribution >= 0.6 is 23.2 Å². The minimum Gasteiger partial charge on any atom is -0.354 e. The average molecular weight is 565 g/mol. The van der Waals surface area contributed by atoms with Crippen LogP contribution in [0.1, 0.15) is 32.3 Å². The summed E-state index contributed by atoms with van der Waals surface area (Å²) in [5.41, 5.74) is 0.479. The highest BCUT2D eigenvalue weighted by Crippen LogP contribution is 2.27. The van der Waals surface area contributed by atoms with Crippen molar-refractivity contribution in [3.05, 3.63) is 76.3 Å². The van der Waals surface area contributed by atoms with Gasteiger partial charge in [0.05, 0.1) is 11.4 Å². The van der Waals surface area contributed by atoms with Crippen LogP contribution in [0.15, 0.2) is 65.6 Å². The molecule has 0 fully saturated rings. The van der Waals surface area contributed by atoms with Crippen molar-refractivity contribution >= 4 is 55.8 Å². The van der Waals surface area contributed by atoms with Gasteiger partial charge in [-0.2, -0.15) is 4.31 Å². The van der Waals surface area contributed by atoms with Gasteiger partial charge < -0.3 is 10.2 Å². The second kappa shape index (κ2) is 12.7. The molecule has 0 radical (unpaired) electrons. The number of benzene rings is 3. The molecule has 2 amide bonds. The maximum atomic E-state index is 13.5. The first kappa shape index (κ1) is 28.9. The molecule has 10 heteroatoms. The highest BCUT2D eigenvalue weighted by molar-refractivity contribution is 7.89. The van der Waals surface area contributed by atoms with E-state index < -0.39 is 28.5 Å². The summed E-state index contributed by atoms with van der Waals surface area (Å²) in [7, 11) is -2.64. The second-order valence-corrected chi connectivity index (χ2v) is 11.7. The first-order chi connectivity index (χ1) is 17.6. The van der Waals surface area contributed by atoms with E-state index >= 15 is 0 Å². The van der Waals surface area contributed by atoms with Crippen molar-refractivity contribution in [1.82, 2.24) is 14.5 Å². The first-order valence-corrected chi connectivity index (χ1v) is 14.2. The van der Waals surface area contributed by atoms with Gasteiger partial charge in [-0.3, -0.25) is 9.59 Å². The molecule has 1 N–H and O–H groups in total. The Morgan fingerprint density at radius 3 is 2.27 bits per heavy atom. The molecule has 0 unspecified atom stereocenters. The van der Waals surface area contributed by atoms with Crippen LogP contribution < -0.4 is 5.32 Å². The van der Waals surface area contributed by atoms with E-state index in [1.807, 2.05) is 31.2 Å². The number of hydrogen-bond donors (Lipinski definition) is 1. The van der Waals surface area contributed by atoms with Gasteiger partial charge in [0.2, 0.25) is 21.8 Å². The number of amides is 2. The fourth-order valence-electron chi connectivity index (χ4n) is 3.85. The number of nitrogens with one attached hydrogen (secondary N) is 1. The molecular weight excluding hydrogens is 533 g/mol. The van der Waals surface area contributed by atoms with Crippen LogP contribution in [0.2, 0.25) is 10.0 Å². The van der Waals surface area contributed by atoms with Crippen molar-refractivity contribution in [1.29, 1.82) is 0 Å². The van der Waals surface area contributed by atoms with Gasteiger partial charge in [-0.15, -0.1) is 0 Å². The van der Waals surface area contributed by atoms with Crippen molar-refractivity contribution in [3.8, 4) is 0 Å². The Labute approximate surface area is 228 Å². The quantitative estimate of drug-likeness (QED) is 0.329. The number of likely N-dealkylation sites (N-methyl/N-ethyl adjacent to an activating group) is 1. The van der Waals surface area contributed by atoms with Crippen LogP contribution in [0.4, 0.5) is 0 Å². The van der Waals surface area contributed by atoms with Crippen LogP contribution in [0.5, 0.6) is 0 Å². The van der Waals surface area contributed by atoms with E-state index in [2.05, 4.69) is 5.32 Å². The highest BCUT2D eigenvalue weighted by atomic mass is 35.5. The average Bonchev–Trinajstić information content (AvgIpc) is 2.87. The van der Waals surface area contributed by atoms with Crippen LogP contribution in [0, 0.1) is 0 Å². The smallest absolute Gasteiger partial charge is 0.243 e. The van der Waals surface area contributed by atoms with Crippen molar-refractivity contribution in [3.63, 3.8) is 0 Å². The summed E-state index contributed by atoms with van der Waals surface area (Å²) < 4.78 is 27.6. The van der Waals surface area contributed by atoms with Gasteiger partial charge in [0, 0.05) is 35.7 Å². The van der Waals surface area contributed by atoms with E-state index in [4.69, 9.17) is 23.2 Å². The summed E-state index contributed by atoms with van der Waals surface area (Å²) in [4.78, 5) is 27.7. The summed E-state index contributed by atoms with van der Waals surface area (Å²) in [5, 5.41) is 5.21. The zero-order chi connectivity index (χ0) is 27.2. The predicted octanol–water partition coefficient (Wildman–Crippen LogP) is 5.10. The Balaban J connectivity index is 1.86. The van der Waals surface area contributed by atoms with Gasteiger partial charge in [-0.05, 0) is 48.4 Å². The molecule has 1 atom stereocenters. The fourth-order valence-corrected chi connectivity index (χ4v) is 5.52. The number of fused-ring (bicyclic) bond motifs is 1. The first-order valence-electron chi connectivity index (χ1n) is 12.0. The van der Waals surface area contributed by atoms with Gasteiger partial charge in [0.15, 0.2) is 0 Å². The summed E-state index contributed by atoms with van der Waals surface area (Å²) in [5.74, 6) is -0.897. The molecule has 0 saturated heterocycles. The molecule has 7 nitrogen and oxygen atoms in total. The molecule has 3 aromatic rings. The van der Waals surface area contributed by atoms with Crippen molar-refractivity contribution in [2.45, 2.75) is 44.2 Å². The lowest BCUT2D eigenvalue weighted by Gasteiger charge is -2.31. The van der Waals surface area contributed by atoms with E-state index in [1.165, 1.54) is 18.0 Å². The van der Waals surface area contributed by atoms with Crippen LogP contribution in [0.3, 0.4) is 0 Å². The van der Waals surface area contributed by atoms with E-state index in [0.29, 0.717) is 22.2 Å². The molecule has 0 aliphatic rings. The van der Waals surface area contributed by atoms with Crippen molar-refractivity contribution < 1.29 is 18.0 Å². The lowest BCUT2D eigenvalue weighted by Crippen LogP contribution is -2.50. The molecular formula is C27H31Cl2N3O4S. The predicted molar refractivity (Wildman–Crippen MR) is 148 cm³/mol. The Bertz CT molecular complexity index is 1360. The number of hydrogen-bond acceptors (Lipinski definition) is 4. The maximum Gasteiger partial charge on any atom is 0.243 e. The lowest BCUT2D eigenvalue weighted by atomic mass is 10.1. The Morgan fingerprint density at radius 1 is 0.973 bits per heavy atom. The minimum atomic E-state index is -3.98. The Morgan fingerprint density at radius 2 is 1.62 bits per heavy atom. The van der Waals surface area contributed by atoms with Crippen LogP contribution in [0.25, 0.3) is 10.8 Å². The number of sulfonamides is 1. The third-order valence-corrected chi connectivity index (χ3v) is 8.68. The van der Waals surface area contributed by atoms with E-state index in [1.54, 1.807) is 37.3 Å². The molecule has 0 aromatic heterocycles. The number of carbonyl (C=O) groups excluding carboxylic acids is 2. The molecule has 198 valence electrons. The summed E-state index contributed by atoms with van der Waals surface area (Å²) >= 11 is 12.7. The van der Waals surface area contributed by atoms with E-state index in [0.717, 1.165) is 27.9 Å². The third-order valence-electron chi connectivity index (χ3n) is 6.17. The number of rotatable bonds is 11. The number of halogens is 2. The van der Waals surface area contributed by atoms with Crippen molar-refractivity contribution in [2.75, 3.05) is 20.1 Å². The lowest BCUT2D eigenvalue weighted by molar-refractivity contribution is -0.140. The van der Waals surface area contributed by atoms with E-state index in [-0.39, 0.29) is 17.3 Å². The molecule has 0 bridgehead atoms.